The van der Waals surface area contributed by atoms with Gasteiger partial charge in [0.2, 0.25) is 0 Å². The molecule has 1 unspecified atom stereocenters. The van der Waals surface area contributed by atoms with Gasteiger partial charge in [-0.3, -0.25) is 4.98 Å². The topological polar surface area (TPSA) is 24.9 Å². The van der Waals surface area contributed by atoms with E-state index < -0.39 is 0 Å². The number of aromatic nitrogens is 1. The molecule has 1 atom stereocenters. The first kappa shape index (κ1) is 12.7. The Kier molecular flexibility index (Phi) is 4.31. The molecule has 0 bridgehead atoms. The molecule has 0 saturated heterocycles. The number of thiophene rings is 1. The second kappa shape index (κ2) is 5.76. The summed E-state index contributed by atoms with van der Waals surface area (Å²) in [6, 6.07) is 2.33. The van der Waals surface area contributed by atoms with Gasteiger partial charge in [-0.15, -0.1) is 0 Å². The van der Waals surface area contributed by atoms with Gasteiger partial charge in [-0.25, -0.2) is 0 Å². The fourth-order valence-corrected chi connectivity index (χ4v) is 3.45. The van der Waals surface area contributed by atoms with Gasteiger partial charge in [-0.1, -0.05) is 6.92 Å². The van der Waals surface area contributed by atoms with Gasteiger partial charge in [0.15, 0.2) is 0 Å². The van der Waals surface area contributed by atoms with Gasteiger partial charge in [0.25, 0.3) is 0 Å². The van der Waals surface area contributed by atoms with Crippen molar-refractivity contribution in [2.75, 3.05) is 6.54 Å². The average molecular weight is 311 g/mol. The molecule has 2 aromatic rings. The first-order chi connectivity index (χ1) is 8.24. The van der Waals surface area contributed by atoms with E-state index in [9.17, 15) is 0 Å². The summed E-state index contributed by atoms with van der Waals surface area (Å²) in [5.41, 5.74) is 3.81. The molecule has 2 nitrogen and oxygen atoms in total. The Balaban J connectivity index is 2.43. The van der Waals surface area contributed by atoms with Crippen LogP contribution in [0, 0.1) is 6.92 Å². The van der Waals surface area contributed by atoms with Gasteiger partial charge in [-0.2, -0.15) is 11.3 Å². The summed E-state index contributed by atoms with van der Waals surface area (Å²) in [7, 11) is 0. The number of nitrogens with one attached hydrogen (secondary N) is 1. The maximum Gasteiger partial charge on any atom is 0.0599 e. The number of pyridine rings is 1. The zero-order chi connectivity index (χ0) is 12.3. The van der Waals surface area contributed by atoms with Gasteiger partial charge in [0.1, 0.15) is 0 Å². The molecule has 2 aromatic heterocycles. The molecule has 0 amide bonds. The smallest absolute Gasteiger partial charge is 0.0599 e. The molecule has 0 aliphatic rings. The molecule has 1 N–H and O–H groups in total. The number of hydrogen-bond acceptors (Lipinski definition) is 3. The Labute approximate surface area is 114 Å². The lowest BCUT2D eigenvalue weighted by atomic mass is 9.98. The second-order valence-electron chi connectivity index (χ2n) is 3.90. The standard InChI is InChI=1S/C13H15BrN2S/c1-3-16-13(11-7-17-8-12(11)14)10-4-5-15-6-9(10)2/h4-8,13,16H,3H2,1-2H3. The fourth-order valence-electron chi connectivity index (χ4n) is 1.90. The summed E-state index contributed by atoms with van der Waals surface area (Å²) in [4.78, 5) is 4.15. The quantitative estimate of drug-likeness (QED) is 0.926. The Morgan fingerprint density at radius 3 is 2.82 bits per heavy atom. The highest BCUT2D eigenvalue weighted by atomic mass is 79.9. The van der Waals surface area contributed by atoms with Crippen molar-refractivity contribution in [3.8, 4) is 0 Å². The molecule has 0 saturated carbocycles. The minimum atomic E-state index is 0.239. The van der Waals surface area contributed by atoms with Crippen molar-refractivity contribution in [1.29, 1.82) is 0 Å². The summed E-state index contributed by atoms with van der Waals surface area (Å²) in [5.74, 6) is 0. The highest BCUT2D eigenvalue weighted by Crippen LogP contribution is 2.32. The van der Waals surface area contributed by atoms with E-state index in [0.29, 0.717) is 0 Å². The maximum atomic E-state index is 4.15. The van der Waals surface area contributed by atoms with Crippen LogP contribution < -0.4 is 5.32 Å². The molecule has 2 heterocycles. The first-order valence-corrected chi connectivity index (χ1v) is 7.33. The Hall–Kier alpha value is -0.710. The monoisotopic (exact) mass is 310 g/mol. The minimum absolute atomic E-state index is 0.239. The summed E-state index contributed by atoms with van der Waals surface area (Å²) in [6.45, 7) is 5.17. The van der Waals surface area contributed by atoms with E-state index in [0.717, 1.165) is 6.54 Å². The third kappa shape index (κ3) is 2.76. The van der Waals surface area contributed by atoms with Crippen molar-refractivity contribution < 1.29 is 0 Å². The van der Waals surface area contributed by atoms with Gasteiger partial charge in [0, 0.05) is 22.2 Å². The Morgan fingerprint density at radius 1 is 1.41 bits per heavy atom. The number of hydrogen-bond donors (Lipinski definition) is 1. The van der Waals surface area contributed by atoms with Crippen LogP contribution in [0.5, 0.6) is 0 Å². The second-order valence-corrected chi connectivity index (χ2v) is 5.50. The van der Waals surface area contributed by atoms with Crippen molar-refractivity contribution in [2.45, 2.75) is 19.9 Å². The van der Waals surface area contributed by atoms with E-state index in [1.807, 2.05) is 12.4 Å². The van der Waals surface area contributed by atoms with Gasteiger partial charge >= 0.3 is 0 Å². The van der Waals surface area contributed by atoms with Crippen LogP contribution in [0.25, 0.3) is 0 Å². The Morgan fingerprint density at radius 2 is 2.24 bits per heavy atom. The van der Waals surface area contributed by atoms with Crippen LogP contribution in [0.4, 0.5) is 0 Å². The summed E-state index contributed by atoms with van der Waals surface area (Å²) >= 11 is 5.33. The van der Waals surface area contributed by atoms with Crippen molar-refractivity contribution in [3.63, 3.8) is 0 Å². The van der Waals surface area contributed by atoms with E-state index in [2.05, 4.69) is 56.9 Å². The lowest BCUT2D eigenvalue weighted by molar-refractivity contribution is 0.626. The fraction of sp³-hybridized carbons (Fsp3) is 0.308. The molecule has 0 aliphatic carbocycles. The van der Waals surface area contributed by atoms with Gasteiger partial charge in [-0.05, 0) is 57.5 Å². The van der Waals surface area contributed by atoms with Crippen LogP contribution in [-0.4, -0.2) is 11.5 Å². The average Bonchev–Trinajstić information content (AvgIpc) is 2.74. The molecule has 90 valence electrons. The van der Waals surface area contributed by atoms with Crippen LogP contribution in [0.1, 0.15) is 29.7 Å². The molecule has 0 radical (unpaired) electrons. The van der Waals surface area contributed by atoms with Gasteiger partial charge < -0.3 is 5.32 Å². The normalized spacial score (nSPS) is 12.6. The third-order valence-corrected chi connectivity index (χ3v) is 4.49. The van der Waals surface area contributed by atoms with E-state index in [1.165, 1.54) is 21.2 Å². The molecule has 0 aromatic carbocycles. The van der Waals surface area contributed by atoms with Gasteiger partial charge in [0.05, 0.1) is 6.04 Å². The highest BCUT2D eigenvalue weighted by Gasteiger charge is 2.18. The predicted octanol–water partition coefficient (Wildman–Crippen LogP) is 3.91. The molecular weight excluding hydrogens is 296 g/mol. The molecule has 2 rings (SSSR count). The van der Waals surface area contributed by atoms with Crippen LogP contribution in [0.3, 0.4) is 0 Å². The molecular formula is C13H15BrN2S. The summed E-state index contributed by atoms with van der Waals surface area (Å²) in [6.07, 6.45) is 3.77. The van der Waals surface area contributed by atoms with Crippen molar-refractivity contribution in [1.82, 2.24) is 10.3 Å². The van der Waals surface area contributed by atoms with E-state index in [4.69, 9.17) is 0 Å². The maximum absolute atomic E-state index is 4.15. The highest BCUT2D eigenvalue weighted by molar-refractivity contribution is 9.10. The first-order valence-electron chi connectivity index (χ1n) is 5.59. The van der Waals surface area contributed by atoms with Crippen molar-refractivity contribution in [3.05, 3.63) is 50.4 Å². The summed E-state index contributed by atoms with van der Waals surface area (Å²) in [5, 5.41) is 7.84. The van der Waals surface area contributed by atoms with Crippen LogP contribution >= 0.6 is 27.3 Å². The molecule has 0 fully saturated rings. The van der Waals surface area contributed by atoms with Crippen molar-refractivity contribution in [2.24, 2.45) is 0 Å². The SMILES string of the molecule is CCNC(c1ccncc1C)c1cscc1Br. The molecule has 17 heavy (non-hydrogen) atoms. The van der Waals surface area contributed by atoms with Crippen LogP contribution in [-0.2, 0) is 0 Å². The summed E-state index contributed by atoms with van der Waals surface area (Å²) < 4.78 is 1.17. The number of aryl methyl sites for hydroxylation is 1. The van der Waals surface area contributed by atoms with Crippen LogP contribution in [0.2, 0.25) is 0 Å². The van der Waals surface area contributed by atoms with E-state index in [1.54, 1.807) is 11.3 Å². The predicted molar refractivity (Wildman–Crippen MR) is 76.5 cm³/mol. The molecule has 4 heteroatoms. The zero-order valence-electron chi connectivity index (χ0n) is 9.90. The van der Waals surface area contributed by atoms with Crippen LogP contribution in [0.15, 0.2) is 33.7 Å². The molecule has 0 aliphatic heterocycles. The van der Waals surface area contributed by atoms with E-state index in [-0.39, 0.29) is 6.04 Å². The number of rotatable bonds is 4. The lowest BCUT2D eigenvalue weighted by Gasteiger charge is -2.20. The third-order valence-electron chi connectivity index (χ3n) is 2.74. The largest absolute Gasteiger partial charge is 0.306 e. The minimum Gasteiger partial charge on any atom is -0.306 e. The lowest BCUT2D eigenvalue weighted by Crippen LogP contribution is -2.22. The Bertz CT molecular complexity index is 496. The molecule has 0 spiro atoms. The van der Waals surface area contributed by atoms with E-state index >= 15 is 0 Å². The zero-order valence-corrected chi connectivity index (χ0v) is 12.3. The van der Waals surface area contributed by atoms with Crippen molar-refractivity contribution >= 4 is 27.3 Å². The number of halogens is 1. The number of nitrogens with zero attached hydrogens (tertiary/aromatic N) is 1.